The molecule has 14 heavy (non-hydrogen) atoms. The van der Waals surface area contributed by atoms with Crippen molar-refractivity contribution in [1.29, 1.82) is 0 Å². The van der Waals surface area contributed by atoms with E-state index in [2.05, 4.69) is 12.2 Å². The second kappa shape index (κ2) is 5.27. The summed E-state index contributed by atoms with van der Waals surface area (Å²) in [6.45, 7) is 4.26. The third-order valence-electron chi connectivity index (χ3n) is 1.88. The molecule has 0 saturated carbocycles. The molecule has 1 amide bonds. The highest BCUT2D eigenvalue weighted by Crippen LogP contribution is 2.09. The molecule has 0 atom stereocenters. The van der Waals surface area contributed by atoms with E-state index in [1.807, 2.05) is 24.3 Å². The van der Waals surface area contributed by atoms with Crippen molar-refractivity contribution >= 4 is 11.8 Å². The molecule has 0 bridgehead atoms. The van der Waals surface area contributed by atoms with Crippen LogP contribution in [0.1, 0.15) is 20.8 Å². The normalized spacial score (nSPS) is 9.57. The Hall–Kier alpha value is -1.51. The summed E-state index contributed by atoms with van der Waals surface area (Å²) in [5, 5.41) is 2.63. The van der Waals surface area contributed by atoms with Crippen LogP contribution >= 0.6 is 0 Å². The standard InChI is InChI=1S/C11H15NO2.H2/c1-3-9-5-7-10(8-6-9)12-11(13)14-4-2;/h5-8H,3-4H2,1-2H3,(H,12,13);1H. The van der Waals surface area contributed by atoms with Crippen molar-refractivity contribution in [3.63, 3.8) is 0 Å². The molecule has 1 aromatic carbocycles. The molecule has 0 spiro atoms. The Labute approximate surface area is 85.6 Å². The Bertz CT molecular complexity index is 298. The quantitative estimate of drug-likeness (QED) is 0.805. The van der Waals surface area contributed by atoms with E-state index in [4.69, 9.17) is 4.74 Å². The van der Waals surface area contributed by atoms with Gasteiger partial charge in [0.2, 0.25) is 0 Å². The predicted octanol–water partition coefficient (Wildman–Crippen LogP) is 3.06. The maximum Gasteiger partial charge on any atom is 0.411 e. The van der Waals surface area contributed by atoms with Gasteiger partial charge in [0.05, 0.1) is 6.61 Å². The zero-order chi connectivity index (χ0) is 10.4. The lowest BCUT2D eigenvalue weighted by atomic mass is 10.1. The van der Waals surface area contributed by atoms with Crippen LogP contribution in [-0.2, 0) is 11.2 Å². The first-order chi connectivity index (χ1) is 6.76. The van der Waals surface area contributed by atoms with Gasteiger partial charge in [-0.25, -0.2) is 4.79 Å². The summed E-state index contributed by atoms with van der Waals surface area (Å²) in [4.78, 5) is 11.0. The zero-order valence-electron chi connectivity index (χ0n) is 8.54. The molecular formula is C11H17NO2. The average Bonchev–Trinajstić information content (AvgIpc) is 2.19. The number of benzene rings is 1. The lowest BCUT2D eigenvalue weighted by Crippen LogP contribution is -2.13. The highest BCUT2D eigenvalue weighted by molar-refractivity contribution is 5.84. The molecule has 0 aliphatic carbocycles. The molecule has 0 aliphatic heterocycles. The SMILES string of the molecule is CCOC(=O)Nc1ccc(CC)cc1.[HH]. The van der Waals surface area contributed by atoms with E-state index < -0.39 is 6.09 Å². The fraction of sp³-hybridized carbons (Fsp3) is 0.364. The van der Waals surface area contributed by atoms with Gasteiger partial charge in [-0.15, -0.1) is 0 Å². The second-order valence-corrected chi connectivity index (χ2v) is 2.90. The molecule has 0 heterocycles. The van der Waals surface area contributed by atoms with E-state index >= 15 is 0 Å². The predicted molar refractivity (Wildman–Crippen MR) is 58.6 cm³/mol. The van der Waals surface area contributed by atoms with Crippen molar-refractivity contribution in [2.45, 2.75) is 20.3 Å². The maximum atomic E-state index is 11.0. The van der Waals surface area contributed by atoms with Gasteiger partial charge < -0.3 is 4.74 Å². The van der Waals surface area contributed by atoms with Gasteiger partial charge in [0, 0.05) is 7.11 Å². The molecule has 3 heteroatoms. The number of nitrogens with one attached hydrogen (secondary N) is 1. The Kier molecular flexibility index (Phi) is 3.98. The Balaban J connectivity index is 0.00000196. The maximum absolute atomic E-state index is 11.0. The molecule has 0 saturated heterocycles. The molecule has 0 unspecified atom stereocenters. The van der Waals surface area contributed by atoms with Crippen molar-refractivity contribution in [2.24, 2.45) is 0 Å². The second-order valence-electron chi connectivity index (χ2n) is 2.90. The summed E-state index contributed by atoms with van der Waals surface area (Å²) >= 11 is 0. The first kappa shape index (κ1) is 10.6. The number of carbonyl (C=O) groups is 1. The third-order valence-corrected chi connectivity index (χ3v) is 1.88. The van der Waals surface area contributed by atoms with Gasteiger partial charge in [-0.2, -0.15) is 0 Å². The lowest BCUT2D eigenvalue weighted by Gasteiger charge is -2.05. The van der Waals surface area contributed by atoms with Gasteiger partial charge in [0.15, 0.2) is 0 Å². The van der Waals surface area contributed by atoms with Crippen LogP contribution in [0.15, 0.2) is 24.3 Å². The van der Waals surface area contributed by atoms with Gasteiger partial charge in [0.1, 0.15) is 0 Å². The van der Waals surface area contributed by atoms with E-state index in [1.54, 1.807) is 6.92 Å². The summed E-state index contributed by atoms with van der Waals surface area (Å²) in [5.41, 5.74) is 2.01. The molecule has 3 nitrogen and oxygen atoms in total. The first-order valence-corrected chi connectivity index (χ1v) is 4.79. The number of rotatable bonds is 3. The van der Waals surface area contributed by atoms with E-state index in [9.17, 15) is 4.79 Å². The number of aryl methyl sites for hydroxylation is 1. The summed E-state index contributed by atoms with van der Waals surface area (Å²) in [6, 6.07) is 7.72. The third kappa shape index (κ3) is 3.09. The lowest BCUT2D eigenvalue weighted by molar-refractivity contribution is 0.168. The topological polar surface area (TPSA) is 38.3 Å². The summed E-state index contributed by atoms with van der Waals surface area (Å²) in [7, 11) is 0. The minimum atomic E-state index is -0.406. The number of amides is 1. The van der Waals surface area contributed by atoms with Crippen LogP contribution < -0.4 is 5.32 Å². The molecule has 0 radical (unpaired) electrons. The van der Waals surface area contributed by atoms with Crippen LogP contribution in [0.2, 0.25) is 0 Å². The van der Waals surface area contributed by atoms with Gasteiger partial charge in [-0.1, -0.05) is 19.1 Å². The van der Waals surface area contributed by atoms with E-state index in [0.717, 1.165) is 12.1 Å². The number of hydrogen-bond donors (Lipinski definition) is 1. The summed E-state index contributed by atoms with van der Waals surface area (Å²) < 4.78 is 4.75. The van der Waals surface area contributed by atoms with Gasteiger partial charge in [0.25, 0.3) is 0 Å². The molecule has 0 aromatic heterocycles. The number of hydrogen-bond acceptors (Lipinski definition) is 2. The molecule has 1 N–H and O–H groups in total. The minimum absolute atomic E-state index is 0. The molecule has 1 rings (SSSR count). The molecule has 0 aliphatic rings. The number of ether oxygens (including phenoxy) is 1. The average molecular weight is 195 g/mol. The minimum Gasteiger partial charge on any atom is -0.450 e. The van der Waals surface area contributed by atoms with E-state index in [-0.39, 0.29) is 1.43 Å². The molecule has 1 aromatic rings. The highest BCUT2D eigenvalue weighted by atomic mass is 16.5. The monoisotopic (exact) mass is 195 g/mol. The van der Waals surface area contributed by atoms with Crippen LogP contribution in [-0.4, -0.2) is 12.7 Å². The van der Waals surface area contributed by atoms with Crippen molar-refractivity contribution in [2.75, 3.05) is 11.9 Å². The van der Waals surface area contributed by atoms with E-state index in [1.165, 1.54) is 5.56 Å². The first-order valence-electron chi connectivity index (χ1n) is 4.79. The molecule has 78 valence electrons. The number of anilines is 1. The molecule has 0 fully saturated rings. The Morgan fingerprint density at radius 1 is 1.36 bits per heavy atom. The highest BCUT2D eigenvalue weighted by Gasteiger charge is 2.00. The van der Waals surface area contributed by atoms with Crippen LogP contribution in [0.4, 0.5) is 10.5 Å². The van der Waals surface area contributed by atoms with Gasteiger partial charge in [-0.3, -0.25) is 5.32 Å². The van der Waals surface area contributed by atoms with Crippen LogP contribution in [0.25, 0.3) is 0 Å². The largest absolute Gasteiger partial charge is 0.450 e. The van der Waals surface area contributed by atoms with Crippen LogP contribution in [0.5, 0.6) is 0 Å². The van der Waals surface area contributed by atoms with Crippen molar-refractivity contribution in [3.8, 4) is 0 Å². The fourth-order valence-electron chi connectivity index (χ4n) is 1.11. The fourth-order valence-corrected chi connectivity index (χ4v) is 1.11. The molecular weight excluding hydrogens is 178 g/mol. The van der Waals surface area contributed by atoms with Crippen molar-refractivity contribution in [1.82, 2.24) is 0 Å². The van der Waals surface area contributed by atoms with Gasteiger partial charge in [-0.05, 0) is 31.0 Å². The van der Waals surface area contributed by atoms with Crippen molar-refractivity contribution < 1.29 is 11.0 Å². The smallest absolute Gasteiger partial charge is 0.411 e. The Morgan fingerprint density at radius 3 is 2.50 bits per heavy atom. The Morgan fingerprint density at radius 2 is 2.00 bits per heavy atom. The zero-order valence-corrected chi connectivity index (χ0v) is 8.54. The van der Waals surface area contributed by atoms with Gasteiger partial charge >= 0.3 is 6.09 Å². The van der Waals surface area contributed by atoms with E-state index in [0.29, 0.717) is 6.61 Å². The summed E-state index contributed by atoms with van der Waals surface area (Å²) in [6.07, 6.45) is 0.594. The van der Waals surface area contributed by atoms with Crippen LogP contribution in [0.3, 0.4) is 0 Å². The van der Waals surface area contributed by atoms with Crippen molar-refractivity contribution in [3.05, 3.63) is 29.8 Å². The summed E-state index contributed by atoms with van der Waals surface area (Å²) in [5.74, 6) is 0. The van der Waals surface area contributed by atoms with Crippen LogP contribution in [0, 0.1) is 0 Å². The number of carbonyl (C=O) groups excluding carboxylic acids is 1.